The zero-order chi connectivity index (χ0) is 25.6. The number of aliphatic carboxylic acids is 2. The number of amides is 3. The van der Waals surface area contributed by atoms with Gasteiger partial charge in [-0.05, 0) is 31.7 Å². The molecule has 0 aromatic heterocycles. The number of carboxylic acid groups (broad SMARTS) is 2. The number of nitrogens with two attached hydrogens (primary N) is 2. The third-order valence-electron chi connectivity index (χ3n) is 5.18. The second-order valence-electron chi connectivity index (χ2n) is 7.84. The number of rotatable bonds is 17. The molecule has 0 aromatic carbocycles. The molecule has 0 aliphatic heterocycles. The first-order valence-corrected chi connectivity index (χ1v) is 10.9. The van der Waals surface area contributed by atoms with E-state index in [1.54, 1.807) is 13.8 Å². The normalized spacial score (nSPS) is 15.4. The van der Waals surface area contributed by atoms with Crippen molar-refractivity contribution >= 4 is 29.7 Å². The molecule has 0 spiro atoms. The Morgan fingerprint density at radius 1 is 0.879 bits per heavy atom. The van der Waals surface area contributed by atoms with E-state index in [0.29, 0.717) is 32.2 Å². The van der Waals surface area contributed by atoms with Gasteiger partial charge >= 0.3 is 11.9 Å². The van der Waals surface area contributed by atoms with E-state index in [0.717, 1.165) is 0 Å². The number of aliphatic hydroxyl groups excluding tert-OH is 1. The largest absolute Gasteiger partial charge is 0.481 e. The summed E-state index contributed by atoms with van der Waals surface area (Å²) in [5.74, 6) is -5.38. The Morgan fingerprint density at radius 3 is 1.97 bits per heavy atom. The van der Waals surface area contributed by atoms with Crippen molar-refractivity contribution in [1.29, 1.82) is 0 Å². The summed E-state index contributed by atoms with van der Waals surface area (Å²) in [7, 11) is 0. The highest BCUT2D eigenvalue weighted by Crippen LogP contribution is 2.10. The van der Waals surface area contributed by atoms with Crippen molar-refractivity contribution in [2.24, 2.45) is 17.4 Å². The summed E-state index contributed by atoms with van der Waals surface area (Å²) in [6, 6.07) is -4.92. The zero-order valence-corrected chi connectivity index (χ0v) is 19.1. The Morgan fingerprint density at radius 2 is 1.48 bits per heavy atom. The van der Waals surface area contributed by atoms with Crippen molar-refractivity contribution in [2.45, 2.75) is 76.5 Å². The van der Waals surface area contributed by atoms with Crippen LogP contribution in [0.15, 0.2) is 0 Å². The van der Waals surface area contributed by atoms with Gasteiger partial charge in [0.1, 0.15) is 18.1 Å². The minimum atomic E-state index is -1.46. The Hall–Kier alpha value is -2.77. The summed E-state index contributed by atoms with van der Waals surface area (Å²) in [6.07, 6.45) is 1.27. The lowest BCUT2D eigenvalue weighted by Crippen LogP contribution is -2.59. The molecule has 190 valence electrons. The first-order valence-electron chi connectivity index (χ1n) is 10.9. The number of carbonyl (C=O) groups excluding carboxylic acids is 3. The maximum Gasteiger partial charge on any atom is 0.326 e. The highest BCUT2D eigenvalue weighted by atomic mass is 16.4. The molecule has 5 atom stereocenters. The second kappa shape index (κ2) is 15.9. The molecule has 3 amide bonds. The summed E-state index contributed by atoms with van der Waals surface area (Å²) >= 11 is 0. The van der Waals surface area contributed by atoms with Gasteiger partial charge in [0.2, 0.25) is 17.7 Å². The Bertz CT molecular complexity index is 675. The predicted molar refractivity (Wildman–Crippen MR) is 118 cm³/mol. The van der Waals surface area contributed by atoms with Gasteiger partial charge in [-0.1, -0.05) is 26.7 Å². The summed E-state index contributed by atoms with van der Waals surface area (Å²) in [4.78, 5) is 59.7. The fourth-order valence-electron chi connectivity index (χ4n) is 2.86. The van der Waals surface area contributed by atoms with E-state index in [-0.39, 0.29) is 6.42 Å². The molecule has 0 rings (SSSR count). The van der Waals surface area contributed by atoms with Crippen LogP contribution in [0.4, 0.5) is 0 Å². The van der Waals surface area contributed by atoms with Crippen molar-refractivity contribution < 1.29 is 39.3 Å². The van der Waals surface area contributed by atoms with Crippen molar-refractivity contribution in [2.75, 3.05) is 13.2 Å². The van der Waals surface area contributed by atoms with E-state index in [9.17, 15) is 34.2 Å². The summed E-state index contributed by atoms with van der Waals surface area (Å²) in [6.45, 7) is 3.10. The Balaban J connectivity index is 5.23. The minimum absolute atomic E-state index is 0.338. The number of nitrogens with one attached hydrogen (secondary N) is 3. The molecule has 0 bridgehead atoms. The molecular weight excluding hydrogens is 438 g/mol. The first kappa shape index (κ1) is 30.2. The molecule has 0 fully saturated rings. The third kappa shape index (κ3) is 11.6. The van der Waals surface area contributed by atoms with Gasteiger partial charge in [0.15, 0.2) is 0 Å². The highest BCUT2D eigenvalue weighted by Gasteiger charge is 2.32. The second-order valence-corrected chi connectivity index (χ2v) is 7.84. The summed E-state index contributed by atoms with van der Waals surface area (Å²) < 4.78 is 0. The van der Waals surface area contributed by atoms with Crippen molar-refractivity contribution in [3.63, 3.8) is 0 Å². The molecule has 13 heteroatoms. The van der Waals surface area contributed by atoms with E-state index in [1.807, 2.05) is 0 Å². The molecule has 0 aromatic rings. The molecule has 0 heterocycles. The molecule has 0 saturated carbocycles. The lowest BCUT2D eigenvalue weighted by molar-refractivity contribution is -0.143. The Labute approximate surface area is 192 Å². The van der Waals surface area contributed by atoms with E-state index >= 15 is 0 Å². The molecule has 0 saturated heterocycles. The van der Waals surface area contributed by atoms with Crippen LogP contribution in [-0.2, 0) is 24.0 Å². The Kier molecular flexibility index (Phi) is 14.6. The van der Waals surface area contributed by atoms with Crippen LogP contribution in [0.25, 0.3) is 0 Å². The number of carboxylic acids is 2. The highest BCUT2D eigenvalue weighted by molar-refractivity contribution is 5.94. The zero-order valence-electron chi connectivity index (χ0n) is 19.1. The number of hydrogen-bond donors (Lipinski definition) is 8. The van der Waals surface area contributed by atoms with Crippen LogP contribution >= 0.6 is 0 Å². The van der Waals surface area contributed by atoms with E-state index in [4.69, 9.17) is 16.6 Å². The smallest absolute Gasteiger partial charge is 0.326 e. The van der Waals surface area contributed by atoms with E-state index < -0.39 is 72.8 Å². The number of carbonyl (C=O) groups is 5. The lowest BCUT2D eigenvalue weighted by atomic mass is 9.97. The minimum Gasteiger partial charge on any atom is -0.481 e. The number of aliphatic hydroxyl groups is 1. The van der Waals surface area contributed by atoms with Crippen molar-refractivity contribution in [1.82, 2.24) is 16.0 Å². The monoisotopic (exact) mass is 475 g/mol. The average Bonchev–Trinajstić information content (AvgIpc) is 2.76. The van der Waals surface area contributed by atoms with Gasteiger partial charge in [-0.25, -0.2) is 4.79 Å². The topological polar surface area (TPSA) is 234 Å². The van der Waals surface area contributed by atoms with Crippen LogP contribution < -0.4 is 27.4 Å². The van der Waals surface area contributed by atoms with Crippen molar-refractivity contribution in [3.05, 3.63) is 0 Å². The maximum atomic E-state index is 12.7. The first-order chi connectivity index (χ1) is 15.5. The van der Waals surface area contributed by atoms with Gasteiger partial charge in [-0.15, -0.1) is 0 Å². The van der Waals surface area contributed by atoms with Crippen LogP contribution in [0, 0.1) is 5.92 Å². The average molecular weight is 476 g/mol. The SMILES string of the molecule is CCC(C)C(NC(=O)C(CO)NC(=O)C(N)CCCCN)C(=O)NC(CCC(=O)O)C(=O)O. The standard InChI is InChI=1S/C20H37N5O8/c1-3-11(2)16(19(31)23-13(20(32)33)7-8-15(27)28)25-18(30)14(10-26)24-17(29)12(22)6-4-5-9-21/h11-14,16,26H,3-10,21-22H2,1-2H3,(H,23,31)(H,24,29)(H,25,30)(H,27,28)(H,32,33). The molecule has 0 radical (unpaired) electrons. The maximum absolute atomic E-state index is 12.7. The quantitative estimate of drug-likeness (QED) is 0.106. The van der Waals surface area contributed by atoms with Crippen LogP contribution in [0.5, 0.6) is 0 Å². The van der Waals surface area contributed by atoms with Gasteiger partial charge in [-0.3, -0.25) is 19.2 Å². The van der Waals surface area contributed by atoms with Crippen molar-refractivity contribution in [3.8, 4) is 0 Å². The molecule has 0 aliphatic rings. The molecule has 0 aliphatic carbocycles. The molecule has 13 nitrogen and oxygen atoms in total. The van der Waals surface area contributed by atoms with Crippen LogP contribution in [-0.4, -0.2) is 82.3 Å². The fourth-order valence-corrected chi connectivity index (χ4v) is 2.86. The van der Waals surface area contributed by atoms with Crippen LogP contribution in [0.3, 0.4) is 0 Å². The van der Waals surface area contributed by atoms with E-state index in [1.165, 1.54) is 0 Å². The molecule has 10 N–H and O–H groups in total. The van der Waals surface area contributed by atoms with E-state index in [2.05, 4.69) is 16.0 Å². The summed E-state index contributed by atoms with van der Waals surface area (Å²) in [5.41, 5.74) is 11.2. The lowest BCUT2D eigenvalue weighted by Gasteiger charge is -2.27. The molecular formula is C20H37N5O8. The number of unbranched alkanes of at least 4 members (excludes halogenated alkanes) is 1. The fraction of sp³-hybridized carbons (Fsp3) is 0.750. The van der Waals surface area contributed by atoms with Crippen LogP contribution in [0.2, 0.25) is 0 Å². The van der Waals surface area contributed by atoms with Gasteiger partial charge in [-0.2, -0.15) is 0 Å². The molecule has 5 unspecified atom stereocenters. The summed E-state index contributed by atoms with van der Waals surface area (Å²) in [5, 5.41) is 34.6. The van der Waals surface area contributed by atoms with Gasteiger partial charge < -0.3 is 42.7 Å². The van der Waals surface area contributed by atoms with Gasteiger partial charge in [0, 0.05) is 6.42 Å². The number of hydrogen-bond acceptors (Lipinski definition) is 8. The van der Waals surface area contributed by atoms with Gasteiger partial charge in [0.25, 0.3) is 0 Å². The predicted octanol–water partition coefficient (Wildman–Crippen LogP) is -2.12. The van der Waals surface area contributed by atoms with Gasteiger partial charge in [0.05, 0.1) is 12.6 Å². The van der Waals surface area contributed by atoms with Crippen LogP contribution in [0.1, 0.15) is 52.4 Å². The molecule has 33 heavy (non-hydrogen) atoms. The third-order valence-corrected chi connectivity index (χ3v) is 5.18.